The minimum Gasteiger partial charge on any atom is -0.491 e. The Balaban J connectivity index is 0.834. The molecule has 2 aliphatic heterocycles. The lowest BCUT2D eigenvalue weighted by molar-refractivity contribution is -0.896. The van der Waals surface area contributed by atoms with Crippen molar-refractivity contribution >= 4 is 112 Å². The Labute approximate surface area is 526 Å². The summed E-state index contributed by atoms with van der Waals surface area (Å²) in [6.07, 6.45) is 4.63. The molecule has 0 spiro atoms. The van der Waals surface area contributed by atoms with Gasteiger partial charge in [0.2, 0.25) is 11.8 Å². The van der Waals surface area contributed by atoms with Gasteiger partial charge in [-0.25, -0.2) is 23.9 Å². The number of carbonyl (C=O) groups excluding carboxylic acids is 5. The van der Waals surface area contributed by atoms with Gasteiger partial charge in [0.05, 0.1) is 56.7 Å². The Bertz CT molecular complexity index is 3870. The van der Waals surface area contributed by atoms with E-state index in [1.807, 2.05) is 36.1 Å². The lowest BCUT2D eigenvalue weighted by Gasteiger charge is -2.28. The number of urea groups is 1. The number of amidine groups is 1. The average Bonchev–Trinajstić information content (AvgIpc) is 1.40. The van der Waals surface area contributed by atoms with E-state index >= 15 is 4.39 Å². The van der Waals surface area contributed by atoms with Crippen molar-refractivity contribution in [2.45, 2.75) is 89.2 Å². The number of aryl methyl sites for hydroxylation is 1. The van der Waals surface area contributed by atoms with E-state index < -0.39 is 68.5 Å². The minimum absolute atomic E-state index is 0.00567. The number of carboxylic acids is 1. The van der Waals surface area contributed by atoms with Crippen LogP contribution in [0.3, 0.4) is 0 Å². The number of aromatic carboxylic acids is 1. The Morgan fingerprint density at radius 1 is 0.967 bits per heavy atom. The molecule has 3 aromatic heterocycles. The van der Waals surface area contributed by atoms with Crippen LogP contribution in [0.15, 0.2) is 77.7 Å². The van der Waals surface area contributed by atoms with Crippen LogP contribution in [0.4, 0.5) is 36.8 Å². The maximum atomic E-state index is 15.4. The molecule has 10 N–H and O–H groups in total. The number of benzene rings is 3. The third-order valence-electron chi connectivity index (χ3n) is 14.5. The Morgan fingerprint density at radius 2 is 1.73 bits per heavy atom. The quantitative estimate of drug-likeness (QED) is 0.00480. The molecule has 3 aromatic carbocycles. The van der Waals surface area contributed by atoms with E-state index in [1.54, 1.807) is 34.0 Å². The average molecular weight is 1290 g/mol. The highest BCUT2D eigenvalue weighted by atomic mass is 32.2. The number of hydrogen-bond acceptors (Lipinski definition) is 19. The second-order valence-corrected chi connectivity index (χ2v) is 25.7. The summed E-state index contributed by atoms with van der Waals surface area (Å²) in [7, 11) is -1.33. The van der Waals surface area contributed by atoms with Gasteiger partial charge < -0.3 is 56.3 Å². The fourth-order valence-corrected chi connectivity index (χ4v) is 12.6. The standard InChI is InChI=1S/C60H69FN14O12S3/c1-35(2)51(68-48(76)24-30-86-31-27-73-49(77)22-23-50(73)78)53(62)66-43(15-8-25-64-58(63)82)56(79)65-39-20-19-38(47(33-39)90(83,84)85)34-75(4,5)28-10-12-37-18-21-44(41(61)32-37)87-29-11-17-46-52(57(80)81)69-60(89-46)74-26-9-13-40-36(3)54(71-72-55(40)74)70-59-67-42-14-6-7-16-45(42)88-59/h6-7,14,16,18-23,32-33,35,43,51H,8-9,11,13,15,17,24-31,34H2,1-5H3,(H9-,62,63,64,65,66,67,68,70,71,76,79,80,81,82,83,84,85)/p+1/t43-,51-/m0/s1. The number of primary amides is 1. The van der Waals surface area contributed by atoms with E-state index in [-0.39, 0.29) is 104 Å². The van der Waals surface area contributed by atoms with E-state index in [1.165, 1.54) is 46.9 Å². The SMILES string of the molecule is Cc1c(Nc2nc3ccccc3s2)nnc2c1CCCN2c1nc(C(=O)O)c(CCCOc2ccc(C#CC[N+](C)(C)Cc3ccc(NC(=O)[C@H](CCCNC(N)=O)NC(=N)[C@@H](NC(=O)CCOCCN4C(=O)C=CC4=O)C(C)C)cc3S(=O)(=O)O)cc2F)s1. The number of imide groups is 1. The molecule has 6 aromatic rings. The van der Waals surface area contributed by atoms with Gasteiger partial charge in [-0.05, 0) is 106 Å². The molecule has 90 heavy (non-hydrogen) atoms. The zero-order valence-corrected chi connectivity index (χ0v) is 52.5. The number of rotatable bonds is 29. The molecule has 5 heterocycles. The zero-order chi connectivity index (χ0) is 64.9. The predicted octanol–water partition coefficient (Wildman–Crippen LogP) is 6.20. The van der Waals surface area contributed by atoms with E-state index in [0.717, 1.165) is 57.3 Å². The number of quaternary nitrogens is 1. The molecule has 0 fully saturated rings. The number of para-hydroxylation sites is 1. The normalized spacial score (nSPS) is 13.8. The number of nitrogens with zero attached hydrogens (tertiary/aromatic N) is 7. The Hall–Kier alpha value is -8.99. The molecule has 2 atom stereocenters. The first-order valence-corrected chi connectivity index (χ1v) is 31.8. The highest BCUT2D eigenvalue weighted by Gasteiger charge is 2.31. The van der Waals surface area contributed by atoms with Crippen LogP contribution in [-0.4, -0.2) is 161 Å². The van der Waals surface area contributed by atoms with Crippen molar-refractivity contribution in [1.29, 1.82) is 5.41 Å². The van der Waals surface area contributed by atoms with Gasteiger partial charge in [0.25, 0.3) is 21.9 Å². The fraction of sp³-hybridized carbons (Fsp3) is 0.383. The highest BCUT2D eigenvalue weighted by molar-refractivity contribution is 7.85. The number of carboxylic acid groups (broad SMARTS) is 1. The van der Waals surface area contributed by atoms with Gasteiger partial charge in [0, 0.05) is 64.5 Å². The number of anilines is 5. The van der Waals surface area contributed by atoms with E-state index in [9.17, 15) is 46.8 Å². The highest BCUT2D eigenvalue weighted by Crippen LogP contribution is 2.39. The molecule has 0 radical (unpaired) electrons. The van der Waals surface area contributed by atoms with Gasteiger partial charge >= 0.3 is 12.0 Å². The second-order valence-electron chi connectivity index (χ2n) is 22.2. The third-order valence-corrected chi connectivity index (χ3v) is 17.5. The van der Waals surface area contributed by atoms with Crippen LogP contribution in [0.5, 0.6) is 5.75 Å². The van der Waals surface area contributed by atoms with Crippen molar-refractivity contribution in [3.63, 3.8) is 0 Å². The maximum Gasteiger partial charge on any atom is 0.355 e. The molecule has 0 saturated heterocycles. The van der Waals surface area contributed by atoms with Gasteiger partial charge in [-0.1, -0.05) is 43.2 Å². The maximum absolute atomic E-state index is 15.4. The smallest absolute Gasteiger partial charge is 0.355 e. The number of hydrogen-bond donors (Lipinski definition) is 9. The predicted molar refractivity (Wildman–Crippen MR) is 336 cm³/mol. The van der Waals surface area contributed by atoms with E-state index in [4.69, 9.17) is 20.6 Å². The van der Waals surface area contributed by atoms with Crippen LogP contribution >= 0.6 is 22.7 Å². The summed E-state index contributed by atoms with van der Waals surface area (Å²) < 4.78 is 64.0. The first-order chi connectivity index (χ1) is 42.8. The topological polar surface area (TPSA) is 364 Å². The van der Waals surface area contributed by atoms with Crippen molar-refractivity contribution in [3.05, 3.63) is 111 Å². The van der Waals surface area contributed by atoms with Crippen LogP contribution in [0.1, 0.15) is 83.6 Å². The molecule has 26 nitrogen and oxygen atoms in total. The molecule has 0 aliphatic carbocycles. The number of amides is 6. The Kier molecular flexibility index (Phi) is 22.3. The second kappa shape index (κ2) is 30.0. The van der Waals surface area contributed by atoms with Crippen molar-refractivity contribution in [2.75, 3.05) is 75.6 Å². The largest absolute Gasteiger partial charge is 0.491 e. The van der Waals surface area contributed by atoms with Crippen molar-refractivity contribution in [2.24, 2.45) is 11.7 Å². The molecule has 0 saturated carbocycles. The number of thiazole rings is 2. The Morgan fingerprint density at radius 3 is 2.44 bits per heavy atom. The molecule has 6 amide bonds. The molecular formula is C60H70FN14O12S3+. The van der Waals surface area contributed by atoms with Crippen molar-refractivity contribution < 1.29 is 65.2 Å². The molecule has 476 valence electrons. The van der Waals surface area contributed by atoms with Crippen LogP contribution < -0.4 is 42.0 Å². The van der Waals surface area contributed by atoms with Crippen LogP contribution in [0.25, 0.3) is 10.2 Å². The van der Waals surface area contributed by atoms with Crippen molar-refractivity contribution in [3.8, 4) is 17.6 Å². The van der Waals surface area contributed by atoms with Crippen LogP contribution in [0.2, 0.25) is 0 Å². The molecule has 0 bridgehead atoms. The fourth-order valence-electron chi connectivity index (χ4n) is 9.87. The van der Waals surface area contributed by atoms with E-state index in [2.05, 4.69) is 58.6 Å². The van der Waals surface area contributed by atoms with Gasteiger partial charge in [-0.15, -0.1) is 21.5 Å². The number of nitrogens with two attached hydrogens (primary N) is 1. The summed E-state index contributed by atoms with van der Waals surface area (Å²) in [6.45, 7) is 6.33. The third kappa shape index (κ3) is 17.9. The number of halogens is 1. The van der Waals surface area contributed by atoms with Crippen LogP contribution in [-0.2, 0) is 53.4 Å². The van der Waals surface area contributed by atoms with Crippen molar-refractivity contribution in [1.82, 2.24) is 41.0 Å². The summed E-state index contributed by atoms with van der Waals surface area (Å²) in [5.41, 5.74) is 8.45. The monoisotopic (exact) mass is 1290 g/mol. The first kappa shape index (κ1) is 67.0. The van der Waals surface area contributed by atoms with Gasteiger partial charge in [0.15, 0.2) is 39.2 Å². The number of carbonyl (C=O) groups is 6. The lowest BCUT2D eigenvalue weighted by atomic mass is 10.0. The first-order valence-electron chi connectivity index (χ1n) is 28.8. The molecule has 0 unspecified atom stereocenters. The molecule has 30 heteroatoms. The van der Waals surface area contributed by atoms with Crippen LogP contribution in [0, 0.1) is 35.9 Å². The van der Waals surface area contributed by atoms with Gasteiger partial charge in [-0.2, -0.15) is 8.42 Å². The van der Waals surface area contributed by atoms with E-state index in [0.29, 0.717) is 51.7 Å². The molecule has 8 rings (SSSR count). The zero-order valence-electron chi connectivity index (χ0n) is 50.1. The number of fused-ring (bicyclic) bond motifs is 2. The summed E-state index contributed by atoms with van der Waals surface area (Å²) in [6, 6.07) is 13.2. The van der Waals surface area contributed by atoms with Gasteiger partial charge in [-0.3, -0.25) is 34.0 Å². The minimum atomic E-state index is -4.87. The summed E-state index contributed by atoms with van der Waals surface area (Å²) >= 11 is 2.77. The summed E-state index contributed by atoms with van der Waals surface area (Å²) in [5.74, 6) is 2.62. The number of aromatic nitrogens is 4. The number of nitrogens with one attached hydrogen (secondary N) is 6. The number of ether oxygens (including phenoxy) is 2. The van der Waals surface area contributed by atoms with Gasteiger partial charge in [0.1, 0.15) is 29.9 Å². The molecule has 2 aliphatic rings. The summed E-state index contributed by atoms with van der Waals surface area (Å²) in [5, 5.41) is 43.3. The summed E-state index contributed by atoms with van der Waals surface area (Å²) in [4.78, 5) is 86.4. The lowest BCUT2D eigenvalue weighted by Crippen LogP contribution is -2.54. The molecular weight excluding hydrogens is 1220 g/mol.